The lowest BCUT2D eigenvalue weighted by Crippen LogP contribution is -2.30. The van der Waals surface area contributed by atoms with Crippen molar-refractivity contribution in [3.63, 3.8) is 0 Å². The maximum atomic E-state index is 12.6. The first-order valence-electron chi connectivity index (χ1n) is 7.99. The molecule has 0 aromatic heterocycles. The summed E-state index contributed by atoms with van der Waals surface area (Å²) in [6.45, 7) is 2.56. The number of carbonyl (C=O) groups is 2. The van der Waals surface area contributed by atoms with Gasteiger partial charge in [0.2, 0.25) is 0 Å². The molecule has 0 atom stereocenters. The summed E-state index contributed by atoms with van der Waals surface area (Å²) in [5.41, 5.74) is 1.73. The molecule has 1 aliphatic heterocycles. The highest BCUT2D eigenvalue weighted by Gasteiger charge is 2.33. The van der Waals surface area contributed by atoms with Gasteiger partial charge in [0, 0.05) is 15.1 Å². The first-order chi connectivity index (χ1) is 12.5. The molecular formula is C19H16BrClN2O3. The van der Waals surface area contributed by atoms with Crippen molar-refractivity contribution in [3.05, 3.63) is 68.8 Å². The van der Waals surface area contributed by atoms with Gasteiger partial charge >= 0.3 is 6.03 Å². The molecular weight excluding hydrogens is 420 g/mol. The molecule has 3 rings (SSSR count). The van der Waals surface area contributed by atoms with Crippen molar-refractivity contribution in [3.8, 4) is 5.75 Å². The molecule has 26 heavy (non-hydrogen) atoms. The van der Waals surface area contributed by atoms with Gasteiger partial charge in [0.25, 0.3) is 5.91 Å². The van der Waals surface area contributed by atoms with E-state index < -0.39 is 6.03 Å². The average Bonchev–Trinajstić information content (AvgIpc) is 2.87. The Balaban J connectivity index is 1.85. The molecule has 3 amide bonds. The summed E-state index contributed by atoms with van der Waals surface area (Å²) in [6, 6.07) is 12.1. The van der Waals surface area contributed by atoms with Gasteiger partial charge in [-0.25, -0.2) is 4.79 Å². The molecule has 1 fully saturated rings. The number of urea groups is 1. The molecule has 0 aliphatic carbocycles. The van der Waals surface area contributed by atoms with Gasteiger partial charge in [-0.1, -0.05) is 39.7 Å². The number of imide groups is 1. The van der Waals surface area contributed by atoms with Crippen LogP contribution in [0.4, 0.5) is 4.79 Å². The standard InChI is InChI=1S/C19H16BrClN2O3/c1-2-26-17-8-5-14(20)9-13(17)10-16-18(24)23(19(25)22-16)11-12-3-6-15(21)7-4-12/h3-10H,2,11H2,1H3,(H,22,25)/b16-10+. The Morgan fingerprint density at radius 2 is 1.92 bits per heavy atom. The van der Waals surface area contributed by atoms with Crippen LogP contribution >= 0.6 is 27.5 Å². The van der Waals surface area contributed by atoms with Crippen LogP contribution < -0.4 is 10.1 Å². The van der Waals surface area contributed by atoms with Crippen LogP contribution in [-0.2, 0) is 11.3 Å². The Kier molecular flexibility index (Phi) is 5.64. The summed E-state index contributed by atoms with van der Waals surface area (Å²) < 4.78 is 6.43. The fourth-order valence-corrected chi connectivity index (χ4v) is 3.07. The molecule has 0 radical (unpaired) electrons. The molecule has 0 unspecified atom stereocenters. The highest BCUT2D eigenvalue weighted by molar-refractivity contribution is 9.10. The SMILES string of the molecule is CCOc1ccc(Br)cc1/C=C1/NC(=O)N(Cc2ccc(Cl)cc2)C1=O. The van der Waals surface area contributed by atoms with Crippen LogP contribution in [0.5, 0.6) is 5.75 Å². The molecule has 1 N–H and O–H groups in total. The maximum Gasteiger partial charge on any atom is 0.329 e. The highest BCUT2D eigenvalue weighted by Crippen LogP contribution is 2.27. The van der Waals surface area contributed by atoms with Gasteiger partial charge in [0.15, 0.2) is 0 Å². The first kappa shape index (κ1) is 18.5. The van der Waals surface area contributed by atoms with Crippen molar-refractivity contribution >= 4 is 45.5 Å². The topological polar surface area (TPSA) is 58.6 Å². The Bertz CT molecular complexity index is 881. The van der Waals surface area contributed by atoms with E-state index in [0.717, 1.165) is 14.9 Å². The minimum atomic E-state index is -0.454. The zero-order chi connectivity index (χ0) is 18.7. The second kappa shape index (κ2) is 7.93. The van der Waals surface area contributed by atoms with Crippen LogP contribution in [0.3, 0.4) is 0 Å². The van der Waals surface area contributed by atoms with Gasteiger partial charge in [-0.05, 0) is 48.9 Å². The zero-order valence-corrected chi connectivity index (χ0v) is 16.3. The Hall–Kier alpha value is -2.31. The van der Waals surface area contributed by atoms with Gasteiger partial charge in [-0.15, -0.1) is 0 Å². The third-order valence-electron chi connectivity index (χ3n) is 3.79. The Labute approximate surface area is 164 Å². The number of ether oxygens (including phenoxy) is 1. The van der Waals surface area contributed by atoms with Crippen LogP contribution in [0.15, 0.2) is 52.6 Å². The van der Waals surface area contributed by atoms with Crippen molar-refractivity contribution in [2.24, 2.45) is 0 Å². The molecule has 7 heteroatoms. The average molecular weight is 436 g/mol. The van der Waals surface area contributed by atoms with Crippen molar-refractivity contribution in [2.75, 3.05) is 6.61 Å². The number of nitrogens with zero attached hydrogens (tertiary/aromatic N) is 1. The zero-order valence-electron chi connectivity index (χ0n) is 14.0. The van der Waals surface area contributed by atoms with E-state index in [4.69, 9.17) is 16.3 Å². The van der Waals surface area contributed by atoms with E-state index in [-0.39, 0.29) is 18.1 Å². The quantitative estimate of drug-likeness (QED) is 0.552. The van der Waals surface area contributed by atoms with Gasteiger partial charge in [0.05, 0.1) is 13.2 Å². The number of rotatable bonds is 5. The summed E-state index contributed by atoms with van der Waals surface area (Å²) in [7, 11) is 0. The van der Waals surface area contributed by atoms with E-state index in [1.807, 2.05) is 25.1 Å². The Morgan fingerprint density at radius 3 is 2.62 bits per heavy atom. The molecule has 1 saturated heterocycles. The number of hydrogen-bond acceptors (Lipinski definition) is 3. The number of benzene rings is 2. The molecule has 0 spiro atoms. The van der Waals surface area contributed by atoms with E-state index in [1.54, 1.807) is 30.3 Å². The minimum absolute atomic E-state index is 0.177. The van der Waals surface area contributed by atoms with Crippen molar-refractivity contribution in [2.45, 2.75) is 13.5 Å². The monoisotopic (exact) mass is 434 g/mol. The summed E-state index contributed by atoms with van der Waals surface area (Å²) in [4.78, 5) is 26.0. The third-order valence-corrected chi connectivity index (χ3v) is 4.53. The van der Waals surface area contributed by atoms with E-state index in [2.05, 4.69) is 21.2 Å². The van der Waals surface area contributed by atoms with Crippen LogP contribution in [0, 0.1) is 0 Å². The molecule has 0 bridgehead atoms. The van der Waals surface area contributed by atoms with Crippen molar-refractivity contribution < 1.29 is 14.3 Å². The van der Waals surface area contributed by atoms with Gasteiger partial charge in [0.1, 0.15) is 11.4 Å². The van der Waals surface area contributed by atoms with E-state index in [9.17, 15) is 9.59 Å². The van der Waals surface area contributed by atoms with Crippen LogP contribution in [0.2, 0.25) is 5.02 Å². The van der Waals surface area contributed by atoms with Crippen molar-refractivity contribution in [1.82, 2.24) is 10.2 Å². The number of halogens is 2. The van der Waals surface area contributed by atoms with Crippen LogP contribution in [0.25, 0.3) is 6.08 Å². The molecule has 2 aromatic rings. The molecule has 134 valence electrons. The van der Waals surface area contributed by atoms with E-state index >= 15 is 0 Å². The summed E-state index contributed by atoms with van der Waals surface area (Å²) in [5.74, 6) is 0.258. The summed E-state index contributed by atoms with van der Waals surface area (Å²) >= 11 is 9.28. The molecule has 1 heterocycles. The fraction of sp³-hybridized carbons (Fsp3) is 0.158. The van der Waals surface area contributed by atoms with Gasteiger partial charge < -0.3 is 10.1 Å². The predicted octanol–water partition coefficient (Wildman–Crippen LogP) is 4.59. The second-order valence-corrected chi connectivity index (χ2v) is 6.97. The molecule has 5 nitrogen and oxygen atoms in total. The van der Waals surface area contributed by atoms with Gasteiger partial charge in [-0.2, -0.15) is 0 Å². The molecule has 2 aromatic carbocycles. The lowest BCUT2D eigenvalue weighted by atomic mass is 10.1. The number of nitrogens with one attached hydrogen (secondary N) is 1. The summed E-state index contributed by atoms with van der Waals surface area (Å²) in [6.07, 6.45) is 1.62. The lowest BCUT2D eigenvalue weighted by molar-refractivity contribution is -0.123. The summed E-state index contributed by atoms with van der Waals surface area (Å²) in [5, 5.41) is 3.23. The van der Waals surface area contributed by atoms with Crippen LogP contribution in [-0.4, -0.2) is 23.4 Å². The number of hydrogen-bond donors (Lipinski definition) is 1. The predicted molar refractivity (Wildman–Crippen MR) is 104 cm³/mol. The van der Waals surface area contributed by atoms with Crippen LogP contribution in [0.1, 0.15) is 18.1 Å². The first-order valence-corrected chi connectivity index (χ1v) is 9.16. The second-order valence-electron chi connectivity index (χ2n) is 5.62. The van der Waals surface area contributed by atoms with Gasteiger partial charge in [-0.3, -0.25) is 9.69 Å². The van der Waals surface area contributed by atoms with E-state index in [0.29, 0.717) is 22.9 Å². The smallest absolute Gasteiger partial charge is 0.329 e. The van der Waals surface area contributed by atoms with Crippen molar-refractivity contribution in [1.29, 1.82) is 0 Å². The normalized spacial score (nSPS) is 15.5. The largest absolute Gasteiger partial charge is 0.493 e. The highest BCUT2D eigenvalue weighted by atomic mass is 79.9. The third kappa shape index (κ3) is 4.08. The Morgan fingerprint density at radius 1 is 1.19 bits per heavy atom. The fourth-order valence-electron chi connectivity index (χ4n) is 2.56. The number of carbonyl (C=O) groups excluding carboxylic acids is 2. The maximum absolute atomic E-state index is 12.6. The van der Waals surface area contributed by atoms with E-state index in [1.165, 1.54) is 0 Å². The molecule has 1 aliphatic rings. The minimum Gasteiger partial charge on any atom is -0.493 e. The number of amides is 3. The lowest BCUT2D eigenvalue weighted by Gasteiger charge is -2.11. The molecule has 0 saturated carbocycles.